The van der Waals surface area contributed by atoms with Crippen LogP contribution in [0, 0.1) is 0 Å². The van der Waals surface area contributed by atoms with E-state index in [1.54, 1.807) is 6.33 Å². The molecule has 0 aromatic carbocycles. The Morgan fingerprint density at radius 2 is 2.42 bits per heavy atom. The van der Waals surface area contributed by atoms with Crippen LogP contribution in [0.2, 0.25) is 5.82 Å². The molecule has 0 spiro atoms. The zero-order valence-corrected chi connectivity index (χ0v) is 8.25. The zero-order chi connectivity index (χ0) is 8.39. The molecule has 0 amide bonds. The predicted octanol–water partition coefficient (Wildman–Crippen LogP) is 1.04. The van der Waals surface area contributed by atoms with Gasteiger partial charge in [-0.3, -0.25) is 0 Å². The van der Waals surface area contributed by atoms with E-state index in [4.69, 9.17) is 0 Å². The first kappa shape index (κ1) is 7.58. The normalized spacial score (nSPS) is 10.4. The monoisotopic (exact) mass is 228 g/mol. The topological polar surface area (TPSA) is 53.6 Å². The minimum absolute atomic E-state index is 0.387. The second-order valence-electron chi connectivity index (χ2n) is 2.27. The number of rotatable bonds is 2. The van der Waals surface area contributed by atoms with Crippen molar-refractivity contribution in [2.75, 3.05) is 4.33 Å². The van der Waals surface area contributed by atoms with Crippen molar-refractivity contribution in [1.82, 2.24) is 15.0 Å². The molecule has 0 unspecified atom stereocenters. The van der Waals surface area contributed by atoms with E-state index in [9.17, 15) is 0 Å². The molecule has 0 atom stereocenters. The zero-order valence-electron chi connectivity index (χ0n) is 6.53. The number of nitrogens with zero attached hydrogens (tertiary/aromatic N) is 2. The van der Waals surface area contributed by atoms with Crippen molar-refractivity contribution < 1.29 is 0 Å². The fourth-order valence-electron chi connectivity index (χ4n) is 1.05. The molecule has 12 heavy (non-hydrogen) atoms. The first-order valence-corrected chi connectivity index (χ1v) is 6.06. The summed E-state index contributed by atoms with van der Waals surface area (Å²) in [6, 6.07) is 1.98. The fourth-order valence-corrected chi connectivity index (χ4v) is 1.80. The van der Waals surface area contributed by atoms with Crippen molar-refractivity contribution in [3.63, 3.8) is 0 Å². The summed E-state index contributed by atoms with van der Waals surface area (Å²) >= 11 is 0.387. The summed E-state index contributed by atoms with van der Waals surface area (Å²) in [6.45, 7) is 0. The maximum atomic E-state index is 4.14. The Morgan fingerprint density at radius 3 is 3.25 bits per heavy atom. The SMILES string of the molecule is C[Se]Nc1ncnc2[nH]ccc12. The van der Waals surface area contributed by atoms with Crippen LogP contribution >= 0.6 is 0 Å². The van der Waals surface area contributed by atoms with Crippen molar-refractivity contribution in [1.29, 1.82) is 0 Å². The molecule has 2 N–H and O–H groups in total. The van der Waals surface area contributed by atoms with E-state index in [0.717, 1.165) is 16.9 Å². The number of nitrogens with one attached hydrogen (secondary N) is 2. The van der Waals surface area contributed by atoms with Gasteiger partial charge in [0.15, 0.2) is 0 Å². The van der Waals surface area contributed by atoms with Gasteiger partial charge in [0.2, 0.25) is 0 Å². The number of aromatic nitrogens is 3. The van der Waals surface area contributed by atoms with Gasteiger partial charge in [0, 0.05) is 0 Å². The molecule has 0 aliphatic heterocycles. The van der Waals surface area contributed by atoms with E-state index < -0.39 is 0 Å². The summed E-state index contributed by atoms with van der Waals surface area (Å²) in [6.07, 6.45) is 3.43. The van der Waals surface area contributed by atoms with Gasteiger partial charge in [-0.15, -0.1) is 0 Å². The van der Waals surface area contributed by atoms with Gasteiger partial charge >= 0.3 is 75.7 Å². The summed E-state index contributed by atoms with van der Waals surface area (Å²) in [7, 11) is 0. The van der Waals surface area contributed by atoms with E-state index >= 15 is 0 Å². The summed E-state index contributed by atoms with van der Waals surface area (Å²) in [5.41, 5.74) is 0.886. The van der Waals surface area contributed by atoms with E-state index in [2.05, 4.69) is 25.1 Å². The van der Waals surface area contributed by atoms with Gasteiger partial charge in [0.1, 0.15) is 0 Å². The third-order valence-corrected chi connectivity index (χ3v) is 2.39. The van der Waals surface area contributed by atoms with Crippen molar-refractivity contribution in [3.8, 4) is 0 Å². The van der Waals surface area contributed by atoms with Crippen LogP contribution in [0.1, 0.15) is 0 Å². The molecule has 2 heterocycles. The Hall–Kier alpha value is -1.06. The molecule has 0 fully saturated rings. The molecule has 0 saturated heterocycles. The fraction of sp³-hybridized carbons (Fsp3) is 0.143. The number of fused-ring (bicyclic) bond motifs is 1. The van der Waals surface area contributed by atoms with E-state index in [-0.39, 0.29) is 0 Å². The van der Waals surface area contributed by atoms with Gasteiger partial charge < -0.3 is 0 Å². The number of anilines is 1. The quantitative estimate of drug-likeness (QED) is 0.753. The number of H-pyrrole nitrogens is 1. The molecule has 0 saturated carbocycles. The van der Waals surface area contributed by atoms with Crippen LogP contribution in [0.25, 0.3) is 11.0 Å². The van der Waals surface area contributed by atoms with Crippen molar-refractivity contribution in [3.05, 3.63) is 18.6 Å². The molecular weight excluding hydrogens is 219 g/mol. The summed E-state index contributed by atoms with van der Waals surface area (Å²) in [5.74, 6) is 3.02. The van der Waals surface area contributed by atoms with Crippen LogP contribution in [0.3, 0.4) is 0 Å². The second-order valence-corrected chi connectivity index (χ2v) is 3.55. The van der Waals surface area contributed by atoms with Crippen LogP contribution in [-0.4, -0.2) is 30.1 Å². The van der Waals surface area contributed by atoms with Crippen LogP contribution in [-0.2, 0) is 0 Å². The predicted molar refractivity (Wildman–Crippen MR) is 49.1 cm³/mol. The summed E-state index contributed by atoms with van der Waals surface area (Å²) in [4.78, 5) is 11.3. The molecule has 0 aliphatic carbocycles. The van der Waals surface area contributed by atoms with Gasteiger partial charge in [-0.05, 0) is 0 Å². The molecule has 2 aromatic rings. The number of aromatic amines is 1. The molecule has 0 radical (unpaired) electrons. The Bertz CT molecular complexity index is 384. The van der Waals surface area contributed by atoms with E-state index in [1.165, 1.54) is 0 Å². The summed E-state index contributed by atoms with van der Waals surface area (Å²) in [5, 5.41) is 1.06. The number of hydrogen-bond donors (Lipinski definition) is 2. The van der Waals surface area contributed by atoms with Crippen molar-refractivity contribution in [2.45, 2.75) is 5.82 Å². The molecule has 0 aliphatic rings. The maximum absolute atomic E-state index is 4.14. The molecule has 2 aromatic heterocycles. The van der Waals surface area contributed by atoms with E-state index in [0.29, 0.717) is 15.2 Å². The summed E-state index contributed by atoms with van der Waals surface area (Å²) < 4.78 is 3.23. The van der Waals surface area contributed by atoms with E-state index in [1.807, 2.05) is 12.3 Å². The molecular formula is C7H8N4Se. The standard InChI is InChI=1S/C7H8N4Se/c1-12-11-7-5-2-3-8-6(5)9-4-10-7/h2-4H,1H3,(H2,8,9,10,11). The van der Waals surface area contributed by atoms with Crippen LogP contribution in [0.4, 0.5) is 5.82 Å². The van der Waals surface area contributed by atoms with Gasteiger partial charge in [-0.2, -0.15) is 0 Å². The minimum atomic E-state index is 0.387. The van der Waals surface area contributed by atoms with Crippen LogP contribution in [0.15, 0.2) is 18.6 Å². The third-order valence-electron chi connectivity index (χ3n) is 1.55. The molecule has 2 rings (SSSR count). The first-order valence-electron chi connectivity index (χ1n) is 3.49. The molecule has 4 nitrogen and oxygen atoms in total. The molecule has 5 heteroatoms. The first-order chi connectivity index (χ1) is 5.92. The Kier molecular flexibility index (Phi) is 1.98. The Morgan fingerprint density at radius 1 is 1.50 bits per heavy atom. The number of hydrogen-bond acceptors (Lipinski definition) is 3. The molecule has 0 bridgehead atoms. The van der Waals surface area contributed by atoms with Crippen molar-refractivity contribution in [2.24, 2.45) is 0 Å². The Labute approximate surface area is 76.2 Å². The van der Waals surface area contributed by atoms with Gasteiger partial charge in [0.25, 0.3) is 0 Å². The average molecular weight is 227 g/mol. The molecule has 62 valence electrons. The van der Waals surface area contributed by atoms with Crippen LogP contribution in [0.5, 0.6) is 0 Å². The average Bonchev–Trinajstić information content (AvgIpc) is 2.53. The van der Waals surface area contributed by atoms with Gasteiger partial charge in [-0.1, -0.05) is 0 Å². The van der Waals surface area contributed by atoms with Crippen molar-refractivity contribution >= 4 is 32.0 Å². The third kappa shape index (κ3) is 1.17. The van der Waals surface area contributed by atoms with Gasteiger partial charge in [-0.25, -0.2) is 0 Å². The van der Waals surface area contributed by atoms with Crippen LogP contribution < -0.4 is 4.33 Å². The second kappa shape index (κ2) is 3.13. The Balaban J connectivity index is 2.57. The van der Waals surface area contributed by atoms with Gasteiger partial charge in [0.05, 0.1) is 0 Å².